The van der Waals surface area contributed by atoms with Gasteiger partial charge in [-0.3, -0.25) is 14.5 Å². The van der Waals surface area contributed by atoms with Crippen LogP contribution in [0.15, 0.2) is 0 Å². The Kier molecular flexibility index (Phi) is 4.80. The second-order valence-corrected chi connectivity index (χ2v) is 5.87. The van der Waals surface area contributed by atoms with E-state index in [4.69, 9.17) is 5.73 Å². The summed E-state index contributed by atoms with van der Waals surface area (Å²) in [7, 11) is 0. The van der Waals surface area contributed by atoms with E-state index in [2.05, 4.69) is 11.8 Å². The maximum Gasteiger partial charge on any atom is 0.236 e. The van der Waals surface area contributed by atoms with Crippen LogP contribution in [0.5, 0.6) is 0 Å². The first-order valence-electron chi connectivity index (χ1n) is 7.39. The zero-order valence-corrected chi connectivity index (χ0v) is 11.8. The molecule has 2 aliphatic rings. The minimum absolute atomic E-state index is 0.0436. The highest BCUT2D eigenvalue weighted by molar-refractivity contribution is 5.80. The third-order valence-corrected chi connectivity index (χ3v) is 4.53. The highest BCUT2D eigenvalue weighted by Crippen LogP contribution is 2.19. The van der Waals surface area contributed by atoms with E-state index >= 15 is 0 Å². The molecule has 2 heterocycles. The molecule has 0 unspecified atom stereocenters. The lowest BCUT2D eigenvalue weighted by atomic mass is 9.96. The first kappa shape index (κ1) is 14.3. The number of nitrogens with two attached hydrogens (primary N) is 1. The minimum Gasteiger partial charge on any atom is -0.369 e. The van der Waals surface area contributed by atoms with Crippen LogP contribution in [-0.4, -0.2) is 53.8 Å². The Morgan fingerprint density at radius 1 is 1.11 bits per heavy atom. The van der Waals surface area contributed by atoms with E-state index in [1.54, 1.807) is 0 Å². The van der Waals surface area contributed by atoms with Crippen LogP contribution in [0.25, 0.3) is 0 Å². The van der Waals surface area contributed by atoms with Crippen molar-refractivity contribution in [1.82, 2.24) is 9.80 Å². The van der Waals surface area contributed by atoms with Gasteiger partial charge in [0.05, 0.1) is 6.54 Å². The zero-order valence-electron chi connectivity index (χ0n) is 11.8. The summed E-state index contributed by atoms with van der Waals surface area (Å²) in [6.07, 6.45) is 5.10. The van der Waals surface area contributed by atoms with E-state index in [1.165, 1.54) is 19.3 Å². The number of likely N-dealkylation sites (tertiary alicyclic amines) is 2. The predicted molar refractivity (Wildman–Crippen MR) is 73.4 cm³/mol. The molecule has 0 aromatic carbocycles. The van der Waals surface area contributed by atoms with Gasteiger partial charge in [0.1, 0.15) is 0 Å². The van der Waals surface area contributed by atoms with E-state index in [0.29, 0.717) is 25.7 Å². The summed E-state index contributed by atoms with van der Waals surface area (Å²) in [5, 5.41) is 0. The molecule has 0 aromatic heterocycles. The van der Waals surface area contributed by atoms with Gasteiger partial charge >= 0.3 is 0 Å². The molecule has 2 amide bonds. The second-order valence-electron chi connectivity index (χ2n) is 5.87. The standard InChI is InChI=1S/C14H25N3O2/c1-11-4-2-3-7-17(11)10-13(18)16-8-5-12(6-9-16)14(15)19/h11-12H,2-10H2,1H3,(H2,15,19)/t11-/m0/s1. The maximum atomic E-state index is 12.3. The van der Waals surface area contributed by atoms with E-state index in [0.717, 1.165) is 19.4 Å². The van der Waals surface area contributed by atoms with Crippen molar-refractivity contribution in [3.05, 3.63) is 0 Å². The van der Waals surface area contributed by atoms with Gasteiger partial charge in [-0.05, 0) is 39.2 Å². The van der Waals surface area contributed by atoms with Gasteiger partial charge in [-0.1, -0.05) is 6.42 Å². The zero-order chi connectivity index (χ0) is 13.8. The summed E-state index contributed by atoms with van der Waals surface area (Å²) in [6.45, 7) is 5.11. The van der Waals surface area contributed by atoms with Crippen molar-refractivity contribution in [3.63, 3.8) is 0 Å². The molecule has 108 valence electrons. The molecule has 0 aliphatic carbocycles. The minimum atomic E-state index is -0.225. The molecule has 2 fully saturated rings. The molecule has 2 N–H and O–H groups in total. The Balaban J connectivity index is 1.79. The van der Waals surface area contributed by atoms with Crippen LogP contribution in [0.4, 0.5) is 0 Å². The number of amides is 2. The van der Waals surface area contributed by atoms with Crippen LogP contribution in [0, 0.1) is 5.92 Å². The Bertz CT molecular complexity index is 338. The van der Waals surface area contributed by atoms with E-state index < -0.39 is 0 Å². The number of carbonyl (C=O) groups is 2. The van der Waals surface area contributed by atoms with Crippen LogP contribution in [0.3, 0.4) is 0 Å². The summed E-state index contributed by atoms with van der Waals surface area (Å²) in [4.78, 5) is 27.5. The van der Waals surface area contributed by atoms with Gasteiger partial charge in [-0.2, -0.15) is 0 Å². The summed E-state index contributed by atoms with van der Waals surface area (Å²) >= 11 is 0. The Morgan fingerprint density at radius 3 is 2.37 bits per heavy atom. The lowest BCUT2D eigenvalue weighted by Crippen LogP contribution is -2.48. The number of piperidine rings is 2. The normalized spacial score (nSPS) is 26.4. The van der Waals surface area contributed by atoms with Crippen molar-refractivity contribution < 1.29 is 9.59 Å². The van der Waals surface area contributed by atoms with Crippen molar-refractivity contribution >= 4 is 11.8 Å². The van der Waals surface area contributed by atoms with Crippen LogP contribution >= 0.6 is 0 Å². The SMILES string of the molecule is C[C@H]1CCCCN1CC(=O)N1CCC(C(N)=O)CC1. The Morgan fingerprint density at radius 2 is 1.79 bits per heavy atom. The number of hydrogen-bond acceptors (Lipinski definition) is 3. The summed E-state index contributed by atoms with van der Waals surface area (Å²) in [6, 6.07) is 0.515. The van der Waals surface area contributed by atoms with Gasteiger partial charge < -0.3 is 10.6 Å². The molecule has 1 atom stereocenters. The largest absolute Gasteiger partial charge is 0.369 e. The highest BCUT2D eigenvalue weighted by Gasteiger charge is 2.28. The molecule has 19 heavy (non-hydrogen) atoms. The summed E-state index contributed by atoms with van der Waals surface area (Å²) in [5.74, 6) is -0.0635. The molecular formula is C14H25N3O2. The molecule has 0 saturated carbocycles. The molecule has 0 radical (unpaired) electrons. The molecule has 2 rings (SSSR count). The smallest absolute Gasteiger partial charge is 0.236 e. The third-order valence-electron chi connectivity index (χ3n) is 4.53. The number of primary amides is 1. The first-order valence-corrected chi connectivity index (χ1v) is 7.39. The number of rotatable bonds is 3. The van der Waals surface area contributed by atoms with Gasteiger partial charge in [0.15, 0.2) is 0 Å². The van der Waals surface area contributed by atoms with E-state index in [9.17, 15) is 9.59 Å². The Labute approximate surface area is 115 Å². The predicted octanol–water partition coefficient (Wildman–Crippen LogP) is 0.585. The molecule has 0 spiro atoms. The van der Waals surface area contributed by atoms with Crippen LogP contribution in [0.1, 0.15) is 39.0 Å². The molecule has 5 nitrogen and oxygen atoms in total. The van der Waals surface area contributed by atoms with Crippen molar-refractivity contribution in [1.29, 1.82) is 0 Å². The third kappa shape index (κ3) is 3.69. The number of hydrogen-bond donors (Lipinski definition) is 1. The molecular weight excluding hydrogens is 242 g/mol. The monoisotopic (exact) mass is 267 g/mol. The number of carbonyl (C=O) groups excluding carboxylic acids is 2. The first-order chi connectivity index (χ1) is 9.08. The van der Waals surface area contributed by atoms with Crippen molar-refractivity contribution in [3.8, 4) is 0 Å². The fraction of sp³-hybridized carbons (Fsp3) is 0.857. The molecule has 0 aromatic rings. The fourth-order valence-corrected chi connectivity index (χ4v) is 3.08. The van der Waals surface area contributed by atoms with Crippen molar-refractivity contribution in [2.75, 3.05) is 26.2 Å². The van der Waals surface area contributed by atoms with E-state index in [-0.39, 0.29) is 17.7 Å². The lowest BCUT2D eigenvalue weighted by Gasteiger charge is -2.36. The fourth-order valence-electron chi connectivity index (χ4n) is 3.08. The van der Waals surface area contributed by atoms with Gasteiger partial charge in [0.25, 0.3) is 0 Å². The summed E-state index contributed by atoms with van der Waals surface area (Å²) in [5.41, 5.74) is 5.31. The Hall–Kier alpha value is -1.10. The van der Waals surface area contributed by atoms with Crippen LogP contribution in [-0.2, 0) is 9.59 Å². The second kappa shape index (κ2) is 6.37. The van der Waals surface area contributed by atoms with Gasteiger partial charge in [-0.15, -0.1) is 0 Å². The topological polar surface area (TPSA) is 66.6 Å². The van der Waals surface area contributed by atoms with Crippen LogP contribution in [0.2, 0.25) is 0 Å². The average Bonchev–Trinajstić information content (AvgIpc) is 2.41. The number of nitrogens with zero attached hydrogens (tertiary/aromatic N) is 2. The van der Waals surface area contributed by atoms with Crippen molar-refractivity contribution in [2.45, 2.75) is 45.1 Å². The lowest BCUT2D eigenvalue weighted by molar-refractivity contribution is -0.136. The maximum absolute atomic E-state index is 12.3. The van der Waals surface area contributed by atoms with Crippen molar-refractivity contribution in [2.24, 2.45) is 11.7 Å². The van der Waals surface area contributed by atoms with E-state index in [1.807, 2.05) is 4.90 Å². The van der Waals surface area contributed by atoms with Gasteiger partial charge in [0, 0.05) is 25.0 Å². The molecule has 5 heteroatoms. The van der Waals surface area contributed by atoms with Gasteiger partial charge in [-0.25, -0.2) is 0 Å². The quantitative estimate of drug-likeness (QED) is 0.813. The average molecular weight is 267 g/mol. The highest BCUT2D eigenvalue weighted by atomic mass is 16.2. The summed E-state index contributed by atoms with van der Waals surface area (Å²) < 4.78 is 0. The molecule has 2 saturated heterocycles. The van der Waals surface area contributed by atoms with Crippen LogP contribution < -0.4 is 5.73 Å². The molecule has 2 aliphatic heterocycles. The van der Waals surface area contributed by atoms with Gasteiger partial charge in [0.2, 0.25) is 11.8 Å². The molecule has 0 bridgehead atoms.